The molecule has 1 N–H and O–H groups in total. The van der Waals surface area contributed by atoms with E-state index in [1.165, 1.54) is 11.8 Å². The summed E-state index contributed by atoms with van der Waals surface area (Å²) in [5.41, 5.74) is 1.94. The molecule has 3 aromatic rings. The lowest BCUT2D eigenvalue weighted by atomic mass is 10.2. The van der Waals surface area contributed by atoms with Crippen LogP contribution in [-0.2, 0) is 5.75 Å². The standard InChI is InChI=1S/C19H19BrN6OS/c20-13-6-8-15(9-7-13)26-16(12-28-19-21-10-3-11-22-19)17(24-25-26)18(27)23-14-4-1-2-5-14/h3,6-11,14H,1-2,4-5,12H2,(H,23,27). The third-order valence-electron chi connectivity index (χ3n) is 4.62. The number of carbonyl (C=O) groups is 1. The van der Waals surface area contributed by atoms with E-state index in [0.717, 1.165) is 41.5 Å². The molecule has 9 heteroatoms. The van der Waals surface area contributed by atoms with Gasteiger partial charge in [-0.15, -0.1) is 5.10 Å². The van der Waals surface area contributed by atoms with Gasteiger partial charge < -0.3 is 5.32 Å². The lowest BCUT2D eigenvalue weighted by molar-refractivity contribution is 0.0932. The van der Waals surface area contributed by atoms with Crippen LogP contribution in [0.3, 0.4) is 0 Å². The highest BCUT2D eigenvalue weighted by Gasteiger charge is 2.24. The number of hydrogen-bond donors (Lipinski definition) is 1. The predicted octanol–water partition coefficient (Wildman–Crippen LogP) is 3.78. The number of benzene rings is 1. The van der Waals surface area contributed by atoms with Gasteiger partial charge in [0.05, 0.1) is 11.4 Å². The largest absolute Gasteiger partial charge is 0.348 e. The summed E-state index contributed by atoms with van der Waals surface area (Å²) in [5.74, 6) is 0.320. The minimum atomic E-state index is -0.167. The summed E-state index contributed by atoms with van der Waals surface area (Å²) in [6.45, 7) is 0. The Kier molecular flexibility index (Phi) is 6.01. The second-order valence-electron chi connectivity index (χ2n) is 6.55. The van der Waals surface area contributed by atoms with E-state index in [1.807, 2.05) is 24.3 Å². The van der Waals surface area contributed by atoms with E-state index in [1.54, 1.807) is 23.1 Å². The number of halogens is 1. The van der Waals surface area contributed by atoms with Crippen molar-refractivity contribution in [3.63, 3.8) is 0 Å². The molecule has 2 aromatic heterocycles. The lowest BCUT2D eigenvalue weighted by Gasteiger charge is -2.12. The normalized spacial score (nSPS) is 14.3. The van der Waals surface area contributed by atoms with Gasteiger partial charge in [0.1, 0.15) is 0 Å². The molecule has 0 atom stereocenters. The average molecular weight is 459 g/mol. The van der Waals surface area contributed by atoms with Crippen molar-refractivity contribution in [2.45, 2.75) is 42.6 Å². The van der Waals surface area contributed by atoms with Crippen LogP contribution in [0.5, 0.6) is 0 Å². The Labute approximate surface area is 175 Å². The zero-order chi connectivity index (χ0) is 19.3. The molecule has 0 saturated heterocycles. The van der Waals surface area contributed by atoms with Crippen LogP contribution in [0.2, 0.25) is 0 Å². The van der Waals surface area contributed by atoms with Crippen LogP contribution in [0, 0.1) is 0 Å². The average Bonchev–Trinajstić information content (AvgIpc) is 3.37. The van der Waals surface area contributed by atoms with Gasteiger partial charge in [0, 0.05) is 28.7 Å². The second-order valence-corrected chi connectivity index (χ2v) is 8.41. The highest BCUT2D eigenvalue weighted by molar-refractivity contribution is 9.10. The molecule has 1 fully saturated rings. The molecule has 28 heavy (non-hydrogen) atoms. The number of nitrogens with zero attached hydrogens (tertiary/aromatic N) is 5. The lowest BCUT2D eigenvalue weighted by Crippen LogP contribution is -2.33. The summed E-state index contributed by atoms with van der Waals surface area (Å²) in [6, 6.07) is 9.75. The van der Waals surface area contributed by atoms with Crippen LogP contribution in [0.1, 0.15) is 41.9 Å². The summed E-state index contributed by atoms with van der Waals surface area (Å²) in [5, 5.41) is 12.2. The number of rotatable bonds is 6. The molecule has 1 saturated carbocycles. The molecule has 7 nitrogen and oxygen atoms in total. The number of aromatic nitrogens is 5. The highest BCUT2D eigenvalue weighted by Crippen LogP contribution is 2.24. The van der Waals surface area contributed by atoms with Crippen LogP contribution in [0.15, 0.2) is 52.4 Å². The molecular weight excluding hydrogens is 440 g/mol. The summed E-state index contributed by atoms with van der Waals surface area (Å²) in [4.78, 5) is 21.3. The third-order valence-corrected chi connectivity index (χ3v) is 6.04. The molecule has 2 heterocycles. The fourth-order valence-corrected chi connectivity index (χ4v) is 4.27. The topological polar surface area (TPSA) is 85.6 Å². The number of hydrogen-bond acceptors (Lipinski definition) is 6. The Balaban J connectivity index is 1.62. The predicted molar refractivity (Wildman–Crippen MR) is 110 cm³/mol. The van der Waals surface area contributed by atoms with Crippen LogP contribution in [-0.4, -0.2) is 36.9 Å². The van der Waals surface area contributed by atoms with Crippen molar-refractivity contribution in [2.24, 2.45) is 0 Å². The van der Waals surface area contributed by atoms with E-state index in [9.17, 15) is 4.79 Å². The molecule has 4 rings (SSSR count). The number of amides is 1. The molecule has 144 valence electrons. The second kappa shape index (κ2) is 8.83. The van der Waals surface area contributed by atoms with Gasteiger partial charge in [0.25, 0.3) is 5.91 Å². The first-order chi connectivity index (χ1) is 13.7. The Morgan fingerprint density at radius 2 is 1.89 bits per heavy atom. The van der Waals surface area contributed by atoms with Gasteiger partial charge in [0.15, 0.2) is 10.9 Å². The van der Waals surface area contributed by atoms with Gasteiger partial charge in [-0.25, -0.2) is 14.6 Å². The fraction of sp³-hybridized carbons (Fsp3) is 0.316. The smallest absolute Gasteiger partial charge is 0.274 e. The molecule has 0 aliphatic heterocycles. The van der Waals surface area contributed by atoms with Crippen molar-refractivity contribution in [1.82, 2.24) is 30.3 Å². The quantitative estimate of drug-likeness (QED) is 0.446. The summed E-state index contributed by atoms with van der Waals surface area (Å²) in [7, 11) is 0. The molecule has 1 aromatic carbocycles. The van der Waals surface area contributed by atoms with Gasteiger partial charge in [-0.3, -0.25) is 4.79 Å². The molecule has 1 amide bonds. The molecule has 0 spiro atoms. The molecule has 1 aliphatic carbocycles. The maximum atomic E-state index is 12.9. The van der Waals surface area contributed by atoms with Gasteiger partial charge >= 0.3 is 0 Å². The van der Waals surface area contributed by atoms with Crippen molar-refractivity contribution < 1.29 is 4.79 Å². The minimum absolute atomic E-state index is 0.167. The van der Waals surface area contributed by atoms with Gasteiger partial charge in [0.2, 0.25) is 0 Å². The highest BCUT2D eigenvalue weighted by atomic mass is 79.9. The van der Waals surface area contributed by atoms with E-state index in [4.69, 9.17) is 0 Å². The van der Waals surface area contributed by atoms with Crippen molar-refractivity contribution >= 4 is 33.6 Å². The first-order valence-corrected chi connectivity index (χ1v) is 10.9. The van der Waals surface area contributed by atoms with Crippen LogP contribution in [0.4, 0.5) is 0 Å². The molecule has 0 radical (unpaired) electrons. The van der Waals surface area contributed by atoms with E-state index in [-0.39, 0.29) is 11.9 Å². The number of carbonyl (C=O) groups excluding carboxylic acids is 1. The summed E-state index contributed by atoms with van der Waals surface area (Å²) >= 11 is 4.90. The Morgan fingerprint density at radius 3 is 2.61 bits per heavy atom. The van der Waals surface area contributed by atoms with E-state index < -0.39 is 0 Å². The molecule has 1 aliphatic rings. The zero-order valence-electron chi connectivity index (χ0n) is 15.1. The van der Waals surface area contributed by atoms with Crippen molar-refractivity contribution in [3.8, 4) is 5.69 Å². The minimum Gasteiger partial charge on any atom is -0.348 e. The first kappa shape index (κ1) is 19.1. The maximum Gasteiger partial charge on any atom is 0.274 e. The van der Waals surface area contributed by atoms with E-state index >= 15 is 0 Å². The van der Waals surface area contributed by atoms with Gasteiger partial charge in [-0.1, -0.05) is 45.7 Å². The fourth-order valence-electron chi connectivity index (χ4n) is 3.21. The molecular formula is C19H19BrN6OS. The monoisotopic (exact) mass is 458 g/mol. The number of nitrogens with one attached hydrogen (secondary N) is 1. The summed E-state index contributed by atoms with van der Waals surface area (Å²) in [6.07, 6.45) is 7.76. The summed E-state index contributed by atoms with van der Waals surface area (Å²) < 4.78 is 2.69. The number of thioether (sulfide) groups is 1. The molecule has 0 unspecified atom stereocenters. The maximum absolute atomic E-state index is 12.9. The van der Waals surface area contributed by atoms with Crippen LogP contribution >= 0.6 is 27.7 Å². The van der Waals surface area contributed by atoms with Crippen LogP contribution in [0.25, 0.3) is 5.69 Å². The first-order valence-electron chi connectivity index (χ1n) is 9.12. The van der Waals surface area contributed by atoms with Crippen LogP contribution < -0.4 is 5.32 Å². The van der Waals surface area contributed by atoms with Crippen molar-refractivity contribution in [3.05, 3.63) is 58.6 Å². The van der Waals surface area contributed by atoms with E-state index in [0.29, 0.717) is 16.6 Å². The molecule has 0 bridgehead atoms. The van der Waals surface area contributed by atoms with Gasteiger partial charge in [-0.2, -0.15) is 0 Å². The van der Waals surface area contributed by atoms with Gasteiger partial charge in [-0.05, 0) is 43.2 Å². The third kappa shape index (κ3) is 4.41. The zero-order valence-corrected chi connectivity index (χ0v) is 17.5. The Bertz CT molecular complexity index is 941. The van der Waals surface area contributed by atoms with Crippen molar-refractivity contribution in [1.29, 1.82) is 0 Å². The Hall–Kier alpha value is -2.26. The van der Waals surface area contributed by atoms with Crippen molar-refractivity contribution in [2.75, 3.05) is 0 Å². The Morgan fingerprint density at radius 1 is 1.18 bits per heavy atom. The van der Waals surface area contributed by atoms with E-state index in [2.05, 4.69) is 41.5 Å². The SMILES string of the molecule is O=C(NC1CCCC1)c1nnn(-c2ccc(Br)cc2)c1CSc1ncccn1.